The van der Waals surface area contributed by atoms with Crippen molar-refractivity contribution < 1.29 is 4.79 Å². The second-order valence-electron chi connectivity index (χ2n) is 5.50. The first-order chi connectivity index (χ1) is 10.8. The summed E-state index contributed by atoms with van der Waals surface area (Å²) in [6, 6.07) is 0. The molecule has 0 aromatic rings. The largest absolute Gasteiger partial charge is 0.355 e. The van der Waals surface area contributed by atoms with Gasteiger partial charge in [-0.2, -0.15) is 11.8 Å². The van der Waals surface area contributed by atoms with Gasteiger partial charge in [-0.1, -0.05) is 13.3 Å². The first-order valence-electron chi connectivity index (χ1n) is 8.72. The summed E-state index contributed by atoms with van der Waals surface area (Å²) in [5, 5.41) is 6.45. The van der Waals surface area contributed by atoms with E-state index < -0.39 is 0 Å². The molecule has 0 heterocycles. The van der Waals surface area contributed by atoms with Crippen LogP contribution in [0.3, 0.4) is 0 Å². The van der Waals surface area contributed by atoms with Crippen LogP contribution in [0, 0.1) is 5.92 Å². The molecule has 5 nitrogen and oxygen atoms in total. The van der Waals surface area contributed by atoms with E-state index in [1.807, 2.05) is 11.8 Å². The molecule has 1 unspecified atom stereocenters. The number of rotatable bonds is 16. The Hall–Kier alpha value is -0.300. The first kappa shape index (κ1) is 21.7. The van der Waals surface area contributed by atoms with E-state index in [1.165, 1.54) is 0 Å². The Kier molecular flexibility index (Phi) is 16.8. The molecule has 0 fully saturated rings. The van der Waals surface area contributed by atoms with E-state index in [0.717, 1.165) is 76.2 Å². The third kappa shape index (κ3) is 13.4. The van der Waals surface area contributed by atoms with Crippen LogP contribution in [-0.2, 0) is 4.79 Å². The molecule has 0 radical (unpaired) electrons. The van der Waals surface area contributed by atoms with Gasteiger partial charge in [0.25, 0.3) is 0 Å². The molecular weight excluding hydrogens is 296 g/mol. The Morgan fingerprint density at radius 3 is 2.36 bits per heavy atom. The van der Waals surface area contributed by atoms with Gasteiger partial charge in [-0.05, 0) is 64.0 Å². The molecule has 1 amide bonds. The fraction of sp³-hybridized carbons (Fsp3) is 0.938. The van der Waals surface area contributed by atoms with Crippen molar-refractivity contribution in [1.29, 1.82) is 0 Å². The topological polar surface area (TPSA) is 93.2 Å². The number of amides is 1. The van der Waals surface area contributed by atoms with E-state index >= 15 is 0 Å². The van der Waals surface area contributed by atoms with Crippen LogP contribution in [0.2, 0.25) is 0 Å². The highest BCUT2D eigenvalue weighted by Crippen LogP contribution is 2.15. The minimum absolute atomic E-state index is 0.134. The van der Waals surface area contributed by atoms with Crippen LogP contribution in [0.25, 0.3) is 0 Å². The number of unbranched alkanes of at least 4 members (excludes halogenated alkanes) is 1. The summed E-state index contributed by atoms with van der Waals surface area (Å²) in [7, 11) is 0. The van der Waals surface area contributed by atoms with E-state index in [9.17, 15) is 4.79 Å². The number of carbonyl (C=O) groups is 1. The molecule has 0 aliphatic carbocycles. The predicted octanol–water partition coefficient (Wildman–Crippen LogP) is 1.32. The van der Waals surface area contributed by atoms with Gasteiger partial charge < -0.3 is 22.1 Å². The molecule has 0 bridgehead atoms. The third-order valence-corrected chi connectivity index (χ3v) is 4.49. The maximum Gasteiger partial charge on any atom is 0.223 e. The SMILES string of the molecule is CCSCCNC(=O)C(CCCCN)CCCNCCCN. The molecule has 0 aromatic carbocycles. The molecule has 0 aromatic heterocycles. The van der Waals surface area contributed by atoms with Crippen LogP contribution >= 0.6 is 11.8 Å². The highest BCUT2D eigenvalue weighted by Gasteiger charge is 2.17. The highest BCUT2D eigenvalue weighted by atomic mass is 32.2. The molecule has 6 N–H and O–H groups in total. The van der Waals surface area contributed by atoms with Crippen molar-refractivity contribution in [2.45, 2.75) is 45.4 Å². The Morgan fingerprint density at radius 1 is 1.00 bits per heavy atom. The van der Waals surface area contributed by atoms with Crippen molar-refractivity contribution >= 4 is 17.7 Å². The number of carbonyl (C=O) groups excluding carboxylic acids is 1. The minimum Gasteiger partial charge on any atom is -0.355 e. The van der Waals surface area contributed by atoms with Gasteiger partial charge in [-0.15, -0.1) is 0 Å². The van der Waals surface area contributed by atoms with Gasteiger partial charge in [-0.25, -0.2) is 0 Å². The normalized spacial score (nSPS) is 12.3. The quantitative estimate of drug-likeness (QED) is 0.320. The minimum atomic E-state index is 0.134. The molecule has 0 spiro atoms. The lowest BCUT2D eigenvalue weighted by atomic mass is 9.95. The van der Waals surface area contributed by atoms with Crippen molar-refractivity contribution in [2.24, 2.45) is 17.4 Å². The molecule has 0 saturated heterocycles. The van der Waals surface area contributed by atoms with Crippen LogP contribution in [0.4, 0.5) is 0 Å². The lowest BCUT2D eigenvalue weighted by Crippen LogP contribution is -2.33. The first-order valence-corrected chi connectivity index (χ1v) is 9.88. The average molecular weight is 333 g/mol. The van der Waals surface area contributed by atoms with Gasteiger partial charge in [0, 0.05) is 18.2 Å². The number of nitrogens with two attached hydrogens (primary N) is 2. The summed E-state index contributed by atoms with van der Waals surface area (Å²) in [5.74, 6) is 2.45. The van der Waals surface area contributed by atoms with E-state index in [4.69, 9.17) is 11.5 Å². The van der Waals surface area contributed by atoms with Crippen molar-refractivity contribution in [3.63, 3.8) is 0 Å². The molecule has 22 heavy (non-hydrogen) atoms. The maximum absolute atomic E-state index is 12.3. The zero-order valence-electron chi connectivity index (χ0n) is 14.2. The van der Waals surface area contributed by atoms with Gasteiger partial charge in [0.2, 0.25) is 5.91 Å². The molecule has 0 aliphatic heterocycles. The van der Waals surface area contributed by atoms with E-state index in [2.05, 4.69) is 17.6 Å². The molecule has 6 heteroatoms. The van der Waals surface area contributed by atoms with Gasteiger partial charge in [0.1, 0.15) is 0 Å². The monoisotopic (exact) mass is 332 g/mol. The van der Waals surface area contributed by atoms with Gasteiger partial charge >= 0.3 is 0 Å². The number of thioether (sulfide) groups is 1. The summed E-state index contributed by atoms with van der Waals surface area (Å²) < 4.78 is 0. The summed E-state index contributed by atoms with van der Waals surface area (Å²) in [5.41, 5.74) is 11.0. The fourth-order valence-electron chi connectivity index (χ4n) is 2.30. The second-order valence-corrected chi connectivity index (χ2v) is 6.90. The van der Waals surface area contributed by atoms with Crippen molar-refractivity contribution in [1.82, 2.24) is 10.6 Å². The highest BCUT2D eigenvalue weighted by molar-refractivity contribution is 7.99. The van der Waals surface area contributed by atoms with Crippen LogP contribution in [0.5, 0.6) is 0 Å². The zero-order valence-corrected chi connectivity index (χ0v) is 15.1. The van der Waals surface area contributed by atoms with Gasteiger partial charge in [0.15, 0.2) is 0 Å². The summed E-state index contributed by atoms with van der Waals surface area (Å²) in [6.45, 7) is 6.29. The lowest BCUT2D eigenvalue weighted by Gasteiger charge is -2.17. The zero-order chi connectivity index (χ0) is 16.5. The average Bonchev–Trinajstić information content (AvgIpc) is 2.53. The number of nitrogens with one attached hydrogen (secondary N) is 2. The standard InChI is InChI=1S/C16H36N4OS/c1-2-22-14-13-20-16(21)15(7-3-4-9-17)8-5-11-19-12-6-10-18/h15,19H,2-14,17-18H2,1H3,(H,20,21). The fourth-order valence-corrected chi connectivity index (χ4v) is 2.84. The lowest BCUT2D eigenvalue weighted by molar-refractivity contribution is -0.125. The molecule has 1 atom stereocenters. The molecule has 0 rings (SSSR count). The van der Waals surface area contributed by atoms with Crippen LogP contribution in [0.1, 0.15) is 45.4 Å². The smallest absolute Gasteiger partial charge is 0.223 e. The van der Waals surface area contributed by atoms with E-state index in [-0.39, 0.29) is 11.8 Å². The van der Waals surface area contributed by atoms with Crippen LogP contribution in [0.15, 0.2) is 0 Å². The van der Waals surface area contributed by atoms with Crippen LogP contribution in [-0.4, -0.2) is 50.1 Å². The molecule has 0 saturated carbocycles. The number of hydrogen-bond acceptors (Lipinski definition) is 5. The van der Waals surface area contributed by atoms with E-state index in [0.29, 0.717) is 6.54 Å². The molecule has 132 valence electrons. The third-order valence-electron chi connectivity index (χ3n) is 3.59. The van der Waals surface area contributed by atoms with Crippen molar-refractivity contribution in [3.05, 3.63) is 0 Å². The summed E-state index contributed by atoms with van der Waals surface area (Å²) in [4.78, 5) is 12.3. The Morgan fingerprint density at radius 2 is 1.68 bits per heavy atom. The predicted molar refractivity (Wildman–Crippen MR) is 98.2 cm³/mol. The van der Waals surface area contributed by atoms with Gasteiger partial charge in [0.05, 0.1) is 0 Å². The van der Waals surface area contributed by atoms with Crippen LogP contribution < -0.4 is 22.1 Å². The summed E-state index contributed by atoms with van der Waals surface area (Å²) in [6.07, 6.45) is 5.99. The number of hydrogen-bond donors (Lipinski definition) is 4. The Balaban J connectivity index is 3.93. The maximum atomic E-state index is 12.3. The Labute approximate surface area is 140 Å². The van der Waals surface area contributed by atoms with E-state index in [1.54, 1.807) is 0 Å². The van der Waals surface area contributed by atoms with Crippen molar-refractivity contribution in [3.8, 4) is 0 Å². The molecule has 0 aliphatic rings. The van der Waals surface area contributed by atoms with Gasteiger partial charge in [-0.3, -0.25) is 4.79 Å². The second kappa shape index (κ2) is 17.1. The van der Waals surface area contributed by atoms with Crippen molar-refractivity contribution in [2.75, 3.05) is 44.2 Å². The molecular formula is C16H36N4OS. The summed E-state index contributed by atoms with van der Waals surface area (Å²) >= 11 is 1.86. The Bertz CT molecular complexity index is 254.